The number of aromatic nitrogens is 4. The van der Waals surface area contributed by atoms with E-state index in [2.05, 4.69) is 20.4 Å². The molecule has 1 aliphatic rings. The fourth-order valence-electron chi connectivity index (χ4n) is 3.15. The number of likely N-dealkylation sites (tertiary alicyclic amines) is 1. The average Bonchev–Trinajstić information content (AvgIpc) is 3.32. The van der Waals surface area contributed by atoms with Crippen molar-refractivity contribution in [1.29, 1.82) is 0 Å². The van der Waals surface area contributed by atoms with Crippen LogP contribution in [0, 0.1) is 6.92 Å². The summed E-state index contributed by atoms with van der Waals surface area (Å²) in [6.45, 7) is 7.62. The lowest BCUT2D eigenvalue weighted by molar-refractivity contribution is 0.0741. The van der Waals surface area contributed by atoms with Crippen LogP contribution in [0.4, 0.5) is 0 Å². The van der Waals surface area contributed by atoms with Crippen LogP contribution in [0.3, 0.4) is 0 Å². The minimum Gasteiger partial charge on any atom is -0.424 e. The zero-order valence-electron chi connectivity index (χ0n) is 14.8. The summed E-state index contributed by atoms with van der Waals surface area (Å²) >= 11 is 0. The zero-order valence-corrected chi connectivity index (χ0v) is 14.8. The first-order valence-corrected chi connectivity index (χ1v) is 8.56. The molecule has 0 saturated carbocycles. The number of aromatic amines is 1. The van der Waals surface area contributed by atoms with Gasteiger partial charge in [-0.3, -0.25) is 14.8 Å². The molecule has 0 radical (unpaired) electrons. The van der Waals surface area contributed by atoms with Crippen molar-refractivity contribution in [1.82, 2.24) is 30.2 Å². The third-order valence-electron chi connectivity index (χ3n) is 4.56. The van der Waals surface area contributed by atoms with E-state index in [0.29, 0.717) is 37.1 Å². The van der Waals surface area contributed by atoms with Crippen molar-refractivity contribution in [3.63, 3.8) is 0 Å². The van der Waals surface area contributed by atoms with Crippen molar-refractivity contribution in [3.05, 3.63) is 29.2 Å². The van der Waals surface area contributed by atoms with Gasteiger partial charge >= 0.3 is 0 Å². The maximum Gasteiger partial charge on any atom is 0.274 e. The highest BCUT2D eigenvalue weighted by Gasteiger charge is 2.38. The molecule has 9 heteroatoms. The molecule has 2 aromatic heterocycles. The Balaban J connectivity index is 1.67. The van der Waals surface area contributed by atoms with Crippen molar-refractivity contribution in [2.24, 2.45) is 0 Å². The number of nitrogens with one attached hydrogen (secondary N) is 1. The summed E-state index contributed by atoms with van der Waals surface area (Å²) in [4.78, 5) is 16.3. The third-order valence-corrected chi connectivity index (χ3v) is 4.56. The number of carbonyl (C=O) groups excluding carboxylic acids is 1. The van der Waals surface area contributed by atoms with Gasteiger partial charge in [-0.15, -0.1) is 10.2 Å². The lowest BCUT2D eigenvalue weighted by atomic mass is 10.2. The lowest BCUT2D eigenvalue weighted by Gasteiger charge is -2.27. The van der Waals surface area contributed by atoms with Crippen LogP contribution in [0.5, 0.6) is 0 Å². The van der Waals surface area contributed by atoms with Gasteiger partial charge in [-0.25, -0.2) is 0 Å². The molecule has 0 aromatic carbocycles. The van der Waals surface area contributed by atoms with Crippen molar-refractivity contribution in [2.45, 2.75) is 45.9 Å². The number of nitrogens with zero attached hydrogens (tertiary/aromatic N) is 5. The number of β-amino-alcohol motifs (C(OH)–C–C–N with tert-alkyl or cyclic N) is 1. The first-order chi connectivity index (χ1) is 12.0. The maximum absolute atomic E-state index is 12.6. The number of hydrogen-bond donors (Lipinski definition) is 2. The number of aliphatic hydroxyl groups excluding tert-OH is 1. The highest BCUT2D eigenvalue weighted by Crippen LogP contribution is 2.20. The molecular formula is C16H24N6O3. The quantitative estimate of drug-likeness (QED) is 0.776. The van der Waals surface area contributed by atoms with Gasteiger partial charge in [-0.2, -0.15) is 5.10 Å². The van der Waals surface area contributed by atoms with Crippen LogP contribution >= 0.6 is 0 Å². The largest absolute Gasteiger partial charge is 0.424 e. The second kappa shape index (κ2) is 7.32. The number of aryl methyl sites for hydroxylation is 2. The number of aliphatic hydroxyl groups is 1. The number of hydrogen-bond acceptors (Lipinski definition) is 7. The van der Waals surface area contributed by atoms with Crippen molar-refractivity contribution < 1.29 is 14.3 Å². The highest BCUT2D eigenvalue weighted by molar-refractivity contribution is 5.92. The van der Waals surface area contributed by atoms with E-state index in [-0.39, 0.29) is 18.5 Å². The molecule has 0 unspecified atom stereocenters. The Morgan fingerprint density at radius 3 is 2.84 bits per heavy atom. The van der Waals surface area contributed by atoms with Gasteiger partial charge < -0.3 is 14.4 Å². The van der Waals surface area contributed by atoms with E-state index >= 15 is 0 Å². The molecule has 2 atom stereocenters. The summed E-state index contributed by atoms with van der Waals surface area (Å²) in [5.41, 5.74) is 1.31. The molecule has 3 heterocycles. The molecular weight excluding hydrogens is 324 g/mol. The first kappa shape index (κ1) is 17.6. The summed E-state index contributed by atoms with van der Waals surface area (Å²) in [6, 6.07) is 1.59. The molecule has 1 aliphatic heterocycles. The summed E-state index contributed by atoms with van der Waals surface area (Å²) in [7, 11) is 0. The number of rotatable bonds is 6. The van der Waals surface area contributed by atoms with Gasteiger partial charge in [0.25, 0.3) is 5.91 Å². The Morgan fingerprint density at radius 1 is 1.44 bits per heavy atom. The zero-order chi connectivity index (χ0) is 18.0. The number of likely N-dealkylation sites (N-methyl/N-ethyl adjacent to an activating group) is 1. The molecule has 3 rings (SSSR count). The second-order valence-electron chi connectivity index (χ2n) is 6.25. The van der Waals surface area contributed by atoms with Crippen LogP contribution in [0.2, 0.25) is 0 Å². The Morgan fingerprint density at radius 2 is 2.24 bits per heavy atom. The normalized spacial score (nSPS) is 20.6. The molecule has 136 valence electrons. The predicted molar refractivity (Wildman–Crippen MR) is 88.8 cm³/mol. The minimum absolute atomic E-state index is 0.165. The van der Waals surface area contributed by atoms with Gasteiger partial charge in [-0.1, -0.05) is 13.8 Å². The minimum atomic E-state index is -0.627. The van der Waals surface area contributed by atoms with Crippen LogP contribution in [-0.4, -0.2) is 73.0 Å². The molecule has 0 aliphatic carbocycles. The molecule has 2 N–H and O–H groups in total. The van der Waals surface area contributed by atoms with Crippen LogP contribution in [0.15, 0.2) is 10.5 Å². The smallest absolute Gasteiger partial charge is 0.274 e. The van der Waals surface area contributed by atoms with Gasteiger partial charge in [0, 0.05) is 25.7 Å². The van der Waals surface area contributed by atoms with Gasteiger partial charge in [0.15, 0.2) is 0 Å². The number of carbonyl (C=O) groups is 1. The van der Waals surface area contributed by atoms with E-state index in [4.69, 9.17) is 4.42 Å². The van der Waals surface area contributed by atoms with E-state index in [9.17, 15) is 9.90 Å². The number of amides is 1. The lowest BCUT2D eigenvalue weighted by Crippen LogP contribution is -2.43. The summed E-state index contributed by atoms with van der Waals surface area (Å²) in [5, 5.41) is 25.2. The van der Waals surface area contributed by atoms with Crippen molar-refractivity contribution in [3.8, 4) is 0 Å². The molecule has 0 bridgehead atoms. The van der Waals surface area contributed by atoms with Crippen molar-refractivity contribution >= 4 is 5.91 Å². The Hall–Kier alpha value is -2.26. The van der Waals surface area contributed by atoms with Gasteiger partial charge in [0.2, 0.25) is 11.8 Å². The highest BCUT2D eigenvalue weighted by atomic mass is 16.4. The van der Waals surface area contributed by atoms with Gasteiger partial charge in [0.05, 0.1) is 18.7 Å². The molecule has 9 nitrogen and oxygen atoms in total. The maximum atomic E-state index is 12.6. The van der Waals surface area contributed by atoms with Gasteiger partial charge in [0.1, 0.15) is 5.69 Å². The first-order valence-electron chi connectivity index (χ1n) is 8.56. The Bertz CT molecular complexity index is 727. The monoisotopic (exact) mass is 348 g/mol. The van der Waals surface area contributed by atoms with E-state index < -0.39 is 6.10 Å². The average molecular weight is 348 g/mol. The molecule has 25 heavy (non-hydrogen) atoms. The molecule has 2 aromatic rings. The van der Waals surface area contributed by atoms with E-state index in [0.717, 1.165) is 12.1 Å². The summed E-state index contributed by atoms with van der Waals surface area (Å²) in [5.74, 6) is 0.860. The molecule has 1 fully saturated rings. The van der Waals surface area contributed by atoms with Crippen LogP contribution in [0.25, 0.3) is 0 Å². The molecule has 1 amide bonds. The summed E-state index contributed by atoms with van der Waals surface area (Å²) in [6.07, 6.45) is 0.163. The van der Waals surface area contributed by atoms with Crippen LogP contribution < -0.4 is 0 Å². The standard InChI is InChI=1S/C16H24N6O3/c1-4-11-6-12(19-18-11)16(24)22-7-13(14(23)8-22)21(5-2)9-15-20-17-10(3)25-15/h6,13-14,23H,4-5,7-9H2,1-3H3,(H,18,19)/t13-,14+/m0/s1. The van der Waals surface area contributed by atoms with Gasteiger partial charge in [-0.05, 0) is 19.0 Å². The van der Waals surface area contributed by atoms with E-state index in [1.54, 1.807) is 17.9 Å². The SMILES string of the molecule is CCc1cc(C(=O)N2C[C@@H](O)[C@@H](N(CC)Cc3nnc(C)o3)C2)n[nH]1. The third kappa shape index (κ3) is 3.72. The molecule has 0 spiro atoms. The topological polar surface area (TPSA) is 111 Å². The predicted octanol–water partition coefficient (Wildman–Crippen LogP) is 0.371. The number of H-pyrrole nitrogens is 1. The fourth-order valence-corrected chi connectivity index (χ4v) is 3.15. The Labute approximate surface area is 146 Å². The van der Waals surface area contributed by atoms with Crippen molar-refractivity contribution in [2.75, 3.05) is 19.6 Å². The Kier molecular flexibility index (Phi) is 5.14. The second-order valence-corrected chi connectivity index (χ2v) is 6.25. The van der Waals surface area contributed by atoms with E-state index in [1.165, 1.54) is 0 Å². The van der Waals surface area contributed by atoms with Crippen LogP contribution in [-0.2, 0) is 13.0 Å². The van der Waals surface area contributed by atoms with E-state index in [1.807, 2.05) is 18.7 Å². The fraction of sp³-hybridized carbons (Fsp3) is 0.625. The molecule has 1 saturated heterocycles. The van der Waals surface area contributed by atoms with Crippen LogP contribution in [0.1, 0.15) is 41.8 Å². The summed E-state index contributed by atoms with van der Waals surface area (Å²) < 4.78 is 5.43.